The number of H-pyrrole nitrogens is 1. The average molecular weight is 468 g/mol. The molecule has 0 radical (unpaired) electrons. The Morgan fingerprint density at radius 3 is 2.56 bits per heavy atom. The van der Waals surface area contributed by atoms with Gasteiger partial charge in [0.05, 0.1) is 18.0 Å². The third-order valence-electron chi connectivity index (χ3n) is 5.58. The van der Waals surface area contributed by atoms with Crippen molar-refractivity contribution in [2.24, 2.45) is 5.73 Å². The summed E-state index contributed by atoms with van der Waals surface area (Å²) in [5, 5.41) is 46.8. The molecule has 1 fully saturated rings. The van der Waals surface area contributed by atoms with Crippen LogP contribution in [0, 0.1) is 6.92 Å². The molecule has 0 spiro atoms. The molecule has 1 saturated heterocycles. The van der Waals surface area contributed by atoms with Gasteiger partial charge in [0, 0.05) is 24.2 Å². The summed E-state index contributed by atoms with van der Waals surface area (Å²) in [4.78, 5) is 0. The molecule has 10 heteroatoms. The van der Waals surface area contributed by atoms with E-state index in [-0.39, 0.29) is 12.5 Å². The maximum Gasteiger partial charge on any atom is 0.237 e. The molecule has 0 saturated carbocycles. The first-order chi connectivity index (χ1) is 15.3. The van der Waals surface area contributed by atoms with Gasteiger partial charge in [-0.2, -0.15) is 0 Å². The summed E-state index contributed by atoms with van der Waals surface area (Å²) >= 11 is 1.08. The van der Waals surface area contributed by atoms with Crippen molar-refractivity contribution < 1.29 is 29.9 Å². The fourth-order valence-electron chi connectivity index (χ4n) is 3.71. The van der Waals surface area contributed by atoms with E-state index in [1.807, 2.05) is 39.0 Å². The topological polar surface area (TPSA) is 154 Å². The molecule has 32 heavy (non-hydrogen) atoms. The van der Waals surface area contributed by atoms with E-state index in [1.54, 1.807) is 0 Å². The summed E-state index contributed by atoms with van der Waals surface area (Å²) in [5.74, 6) is 1.24. The minimum absolute atomic E-state index is 0.156. The highest BCUT2D eigenvalue weighted by atomic mass is 32.2. The van der Waals surface area contributed by atoms with E-state index < -0.39 is 29.0 Å². The van der Waals surface area contributed by atoms with Crippen LogP contribution in [0.3, 0.4) is 0 Å². The molecule has 1 aromatic heterocycles. The first-order valence-electron chi connectivity index (χ1n) is 10.7. The number of aryl methyl sites for hydroxylation is 1. The predicted molar refractivity (Wildman–Crippen MR) is 122 cm³/mol. The molecule has 5 atom stereocenters. The van der Waals surface area contributed by atoms with Crippen molar-refractivity contribution in [2.45, 2.75) is 62.1 Å². The van der Waals surface area contributed by atoms with Gasteiger partial charge in [-0.1, -0.05) is 19.9 Å². The van der Waals surface area contributed by atoms with Gasteiger partial charge in [-0.25, -0.2) is 0 Å². The molecule has 1 aliphatic rings. The highest BCUT2D eigenvalue weighted by Gasteiger charge is 2.44. The molecule has 0 aliphatic carbocycles. The Hall–Kier alpha value is -1.82. The number of aliphatic hydroxyl groups is 4. The molecule has 1 unspecified atom stereocenters. The van der Waals surface area contributed by atoms with Crippen LogP contribution in [-0.4, -0.2) is 79.4 Å². The fraction of sp³-hybridized carbons (Fsp3) is 0.591. The molecule has 178 valence electrons. The molecule has 0 bridgehead atoms. The van der Waals surface area contributed by atoms with Crippen molar-refractivity contribution in [3.63, 3.8) is 0 Å². The van der Waals surface area contributed by atoms with Crippen LogP contribution in [0.1, 0.15) is 42.1 Å². The number of thioether (sulfide) groups is 1. The van der Waals surface area contributed by atoms with Crippen molar-refractivity contribution in [1.82, 2.24) is 10.2 Å². The lowest BCUT2D eigenvalue weighted by molar-refractivity contribution is -0.0915. The van der Waals surface area contributed by atoms with Crippen molar-refractivity contribution in [2.75, 3.05) is 19.8 Å². The Kier molecular flexibility index (Phi) is 8.43. The van der Waals surface area contributed by atoms with Gasteiger partial charge >= 0.3 is 0 Å². The average Bonchev–Trinajstić information content (AvgIpc) is 3.16. The molecular weight excluding hydrogens is 434 g/mol. The van der Waals surface area contributed by atoms with Gasteiger partial charge in [0.15, 0.2) is 5.44 Å². The molecule has 2 heterocycles. The van der Waals surface area contributed by atoms with E-state index in [2.05, 4.69) is 10.2 Å². The number of nitrogens with zero attached hydrogens (tertiary/aromatic N) is 1. The van der Waals surface area contributed by atoms with Gasteiger partial charge in [-0.05, 0) is 36.1 Å². The van der Waals surface area contributed by atoms with E-state index in [1.165, 1.54) is 0 Å². The van der Waals surface area contributed by atoms with Gasteiger partial charge in [0.2, 0.25) is 5.88 Å². The number of hydrogen-bond donors (Lipinski definition) is 6. The van der Waals surface area contributed by atoms with Crippen LogP contribution in [0.15, 0.2) is 18.2 Å². The number of benzene rings is 1. The van der Waals surface area contributed by atoms with Gasteiger partial charge in [0.1, 0.15) is 24.6 Å². The highest BCUT2D eigenvalue weighted by molar-refractivity contribution is 8.00. The SMILES string of the molecule is Cc1cc(OCCN)ccc1Cc1c(O[C@@H]2S[C@H](CO)[C@@H](O)C(O)[C@H]2O)n[nH]c1C(C)C. The normalized spacial score (nSPS) is 25.8. The van der Waals surface area contributed by atoms with E-state index in [9.17, 15) is 20.4 Å². The second kappa shape index (κ2) is 10.9. The number of aliphatic hydroxyl groups excluding tert-OH is 4. The smallest absolute Gasteiger partial charge is 0.237 e. The number of rotatable bonds is 9. The van der Waals surface area contributed by atoms with E-state index >= 15 is 0 Å². The predicted octanol–water partition coefficient (Wildman–Crippen LogP) is 0.665. The van der Waals surface area contributed by atoms with Gasteiger partial charge in [-0.3, -0.25) is 5.10 Å². The summed E-state index contributed by atoms with van der Waals surface area (Å²) in [5.41, 5.74) is 8.50. The van der Waals surface area contributed by atoms with Crippen LogP contribution >= 0.6 is 11.8 Å². The monoisotopic (exact) mass is 467 g/mol. The summed E-state index contributed by atoms with van der Waals surface area (Å²) in [6.45, 7) is 6.64. The standard InChI is InChI=1S/C22H33N3O6S/c1-11(2)17-15(9-13-4-5-14(8-12(13)3)30-7-6-23)21(25-24-17)31-22-20(29)19(28)18(27)16(10-26)32-22/h4-5,8,11,16,18-20,22,26-29H,6-7,9-10,23H2,1-3H3,(H,24,25)/t16-,18-,19?,20-,22-/m1/s1. The van der Waals surface area contributed by atoms with E-state index in [0.29, 0.717) is 25.5 Å². The van der Waals surface area contributed by atoms with Gasteiger partial charge < -0.3 is 35.6 Å². The molecule has 1 aromatic carbocycles. The Morgan fingerprint density at radius 1 is 1.19 bits per heavy atom. The molecule has 0 amide bonds. The zero-order chi connectivity index (χ0) is 23.4. The Morgan fingerprint density at radius 2 is 1.94 bits per heavy atom. The Bertz CT molecular complexity index is 891. The van der Waals surface area contributed by atoms with Crippen molar-refractivity contribution in [1.29, 1.82) is 0 Å². The minimum Gasteiger partial charge on any atom is -0.492 e. The molecule has 7 N–H and O–H groups in total. The summed E-state index contributed by atoms with van der Waals surface area (Å²) in [6, 6.07) is 5.86. The second-order valence-electron chi connectivity index (χ2n) is 8.29. The zero-order valence-electron chi connectivity index (χ0n) is 18.6. The number of hydrogen-bond acceptors (Lipinski definition) is 9. The van der Waals surface area contributed by atoms with Gasteiger partial charge in [0.25, 0.3) is 0 Å². The summed E-state index contributed by atoms with van der Waals surface area (Å²) in [7, 11) is 0. The fourth-order valence-corrected chi connectivity index (χ4v) is 4.93. The second-order valence-corrected chi connectivity index (χ2v) is 9.64. The van der Waals surface area contributed by atoms with Crippen LogP contribution in [0.5, 0.6) is 11.6 Å². The number of nitrogens with one attached hydrogen (secondary N) is 1. The Labute approximate surface area is 191 Å². The quantitative estimate of drug-likeness (QED) is 0.312. The molecule has 9 nitrogen and oxygen atoms in total. The lowest BCUT2D eigenvalue weighted by Gasteiger charge is -2.38. The van der Waals surface area contributed by atoms with Crippen molar-refractivity contribution in [3.05, 3.63) is 40.6 Å². The summed E-state index contributed by atoms with van der Waals surface area (Å²) < 4.78 is 11.6. The van der Waals surface area contributed by atoms with Crippen LogP contribution in [0.25, 0.3) is 0 Å². The zero-order valence-corrected chi connectivity index (χ0v) is 19.4. The maximum absolute atomic E-state index is 10.4. The van der Waals surface area contributed by atoms with E-state index in [0.717, 1.165) is 39.9 Å². The van der Waals surface area contributed by atoms with Crippen LogP contribution < -0.4 is 15.2 Å². The molecule has 2 aromatic rings. The number of aromatic nitrogens is 2. The third kappa shape index (κ3) is 5.38. The van der Waals surface area contributed by atoms with Crippen LogP contribution in [0.2, 0.25) is 0 Å². The third-order valence-corrected chi connectivity index (χ3v) is 7.00. The van der Waals surface area contributed by atoms with E-state index in [4.69, 9.17) is 15.2 Å². The molecule has 3 rings (SSSR count). The molecule has 1 aliphatic heterocycles. The largest absolute Gasteiger partial charge is 0.492 e. The van der Waals surface area contributed by atoms with Crippen LogP contribution in [-0.2, 0) is 6.42 Å². The maximum atomic E-state index is 10.4. The van der Waals surface area contributed by atoms with Crippen LogP contribution in [0.4, 0.5) is 0 Å². The Balaban J connectivity index is 1.85. The molecular formula is C22H33N3O6S. The number of aromatic amines is 1. The number of nitrogens with two attached hydrogens (primary N) is 1. The first kappa shape index (κ1) is 24.8. The first-order valence-corrected chi connectivity index (χ1v) is 11.7. The number of ether oxygens (including phenoxy) is 2. The lowest BCUT2D eigenvalue weighted by atomic mass is 9.97. The van der Waals surface area contributed by atoms with Crippen molar-refractivity contribution >= 4 is 11.8 Å². The highest BCUT2D eigenvalue weighted by Crippen LogP contribution is 2.36. The van der Waals surface area contributed by atoms with Crippen molar-refractivity contribution in [3.8, 4) is 11.6 Å². The minimum atomic E-state index is -1.42. The summed E-state index contributed by atoms with van der Waals surface area (Å²) in [6.07, 6.45) is -3.45. The lowest BCUT2D eigenvalue weighted by Crippen LogP contribution is -2.55. The van der Waals surface area contributed by atoms with Gasteiger partial charge in [-0.15, -0.1) is 16.9 Å².